The smallest absolute Gasteiger partial charge is 0.249 e. The molecular formula is C17H17ClN2O3. The number of rotatable bonds is 5. The summed E-state index contributed by atoms with van der Waals surface area (Å²) < 4.78 is 5.23. The molecule has 2 aromatic rings. The second-order valence-electron chi connectivity index (χ2n) is 4.99. The number of nitrogens with two attached hydrogens (primary N) is 1. The van der Waals surface area contributed by atoms with Crippen LogP contribution in [0.25, 0.3) is 0 Å². The Bertz CT molecular complexity index is 759. The van der Waals surface area contributed by atoms with Crippen molar-refractivity contribution in [2.45, 2.75) is 13.3 Å². The van der Waals surface area contributed by atoms with E-state index >= 15 is 0 Å². The standard InChI is InChI=1S/C17H17ClN2O3/c1-10-11(17(19)22)5-3-7-14(10)20-16(21)9-12-13(18)6-4-8-15(12)23-2/h3-8H,9H2,1-2H3,(H2,19,22)(H,20,21). The highest BCUT2D eigenvalue weighted by atomic mass is 35.5. The minimum atomic E-state index is -0.536. The lowest BCUT2D eigenvalue weighted by Gasteiger charge is -2.13. The Morgan fingerprint density at radius 2 is 1.91 bits per heavy atom. The molecule has 0 spiro atoms. The zero-order valence-corrected chi connectivity index (χ0v) is 13.6. The maximum absolute atomic E-state index is 12.3. The third kappa shape index (κ3) is 3.81. The van der Waals surface area contributed by atoms with E-state index in [1.54, 1.807) is 43.3 Å². The third-order valence-electron chi connectivity index (χ3n) is 3.51. The second kappa shape index (κ2) is 7.15. The van der Waals surface area contributed by atoms with Gasteiger partial charge in [-0.15, -0.1) is 0 Å². The molecule has 120 valence electrons. The van der Waals surface area contributed by atoms with E-state index in [1.807, 2.05) is 0 Å². The van der Waals surface area contributed by atoms with E-state index in [2.05, 4.69) is 5.32 Å². The average Bonchev–Trinajstić information content (AvgIpc) is 2.51. The van der Waals surface area contributed by atoms with Gasteiger partial charge in [0.05, 0.1) is 13.5 Å². The van der Waals surface area contributed by atoms with Crippen LogP contribution in [-0.4, -0.2) is 18.9 Å². The topological polar surface area (TPSA) is 81.4 Å². The van der Waals surface area contributed by atoms with Gasteiger partial charge in [0.2, 0.25) is 11.8 Å². The van der Waals surface area contributed by atoms with Crippen molar-refractivity contribution in [2.75, 3.05) is 12.4 Å². The Hall–Kier alpha value is -2.53. The van der Waals surface area contributed by atoms with Crippen molar-refractivity contribution in [1.82, 2.24) is 0 Å². The molecular weight excluding hydrogens is 316 g/mol. The lowest BCUT2D eigenvalue weighted by molar-refractivity contribution is -0.115. The predicted octanol–water partition coefficient (Wildman–Crippen LogP) is 2.94. The van der Waals surface area contributed by atoms with Crippen LogP contribution in [0.2, 0.25) is 5.02 Å². The number of nitrogens with one attached hydrogen (secondary N) is 1. The highest BCUT2D eigenvalue weighted by molar-refractivity contribution is 6.31. The van der Waals surface area contributed by atoms with Crippen LogP contribution in [0.3, 0.4) is 0 Å². The zero-order chi connectivity index (χ0) is 17.0. The third-order valence-corrected chi connectivity index (χ3v) is 3.86. The number of hydrogen-bond donors (Lipinski definition) is 2. The Balaban J connectivity index is 2.21. The fourth-order valence-electron chi connectivity index (χ4n) is 2.29. The monoisotopic (exact) mass is 332 g/mol. The molecule has 2 aromatic carbocycles. The van der Waals surface area contributed by atoms with Gasteiger partial charge in [-0.25, -0.2) is 0 Å². The van der Waals surface area contributed by atoms with E-state index in [-0.39, 0.29) is 12.3 Å². The Labute approximate surface area is 139 Å². The second-order valence-corrected chi connectivity index (χ2v) is 5.40. The highest BCUT2D eigenvalue weighted by Crippen LogP contribution is 2.27. The lowest BCUT2D eigenvalue weighted by Crippen LogP contribution is -2.18. The van der Waals surface area contributed by atoms with Crippen molar-refractivity contribution in [1.29, 1.82) is 0 Å². The van der Waals surface area contributed by atoms with Crippen LogP contribution in [0.15, 0.2) is 36.4 Å². The first kappa shape index (κ1) is 16.8. The molecule has 0 radical (unpaired) electrons. The van der Waals surface area contributed by atoms with E-state index in [1.165, 1.54) is 7.11 Å². The van der Waals surface area contributed by atoms with Crippen molar-refractivity contribution in [3.05, 3.63) is 58.1 Å². The number of anilines is 1. The summed E-state index contributed by atoms with van der Waals surface area (Å²) in [6.45, 7) is 1.73. The highest BCUT2D eigenvalue weighted by Gasteiger charge is 2.15. The van der Waals surface area contributed by atoms with E-state index in [0.717, 1.165) is 0 Å². The van der Waals surface area contributed by atoms with E-state index < -0.39 is 5.91 Å². The Kier molecular flexibility index (Phi) is 5.24. The summed E-state index contributed by atoms with van der Waals surface area (Å²) in [5, 5.41) is 3.23. The Morgan fingerprint density at radius 3 is 2.57 bits per heavy atom. The molecule has 6 heteroatoms. The normalized spacial score (nSPS) is 10.2. The maximum atomic E-state index is 12.3. The van der Waals surface area contributed by atoms with Crippen molar-refractivity contribution in [3.63, 3.8) is 0 Å². The lowest BCUT2D eigenvalue weighted by atomic mass is 10.1. The van der Waals surface area contributed by atoms with Gasteiger partial charge in [0.1, 0.15) is 5.75 Å². The summed E-state index contributed by atoms with van der Waals surface area (Å²) >= 11 is 6.13. The molecule has 0 bridgehead atoms. The molecule has 2 amide bonds. The van der Waals surface area contributed by atoms with Gasteiger partial charge >= 0.3 is 0 Å². The van der Waals surface area contributed by atoms with Gasteiger partial charge in [-0.2, -0.15) is 0 Å². The quantitative estimate of drug-likeness (QED) is 0.883. The van der Waals surface area contributed by atoms with E-state index in [4.69, 9.17) is 22.1 Å². The molecule has 0 saturated carbocycles. The minimum absolute atomic E-state index is 0.0586. The van der Waals surface area contributed by atoms with Gasteiger partial charge in [-0.05, 0) is 36.8 Å². The van der Waals surface area contributed by atoms with Gasteiger partial charge in [0.15, 0.2) is 0 Å². The van der Waals surface area contributed by atoms with Crippen molar-refractivity contribution in [2.24, 2.45) is 5.73 Å². The molecule has 0 atom stereocenters. The first-order valence-electron chi connectivity index (χ1n) is 6.94. The minimum Gasteiger partial charge on any atom is -0.496 e. The fraction of sp³-hybridized carbons (Fsp3) is 0.176. The summed E-state index contributed by atoms with van der Waals surface area (Å²) in [6.07, 6.45) is 0.0586. The van der Waals surface area contributed by atoms with Gasteiger partial charge in [0.25, 0.3) is 0 Å². The van der Waals surface area contributed by atoms with E-state index in [9.17, 15) is 9.59 Å². The number of halogens is 1. The van der Waals surface area contributed by atoms with Crippen molar-refractivity contribution < 1.29 is 14.3 Å². The van der Waals surface area contributed by atoms with Crippen LogP contribution in [0.5, 0.6) is 5.75 Å². The Morgan fingerprint density at radius 1 is 1.22 bits per heavy atom. The first-order chi connectivity index (χ1) is 10.9. The molecule has 0 heterocycles. The molecule has 23 heavy (non-hydrogen) atoms. The van der Waals surface area contributed by atoms with Gasteiger partial charge in [-0.3, -0.25) is 9.59 Å². The summed E-state index contributed by atoms with van der Waals surface area (Å²) in [5.41, 5.74) is 7.46. The number of primary amides is 1. The van der Waals surface area contributed by atoms with Crippen LogP contribution >= 0.6 is 11.6 Å². The summed E-state index contributed by atoms with van der Waals surface area (Å²) in [7, 11) is 1.52. The van der Waals surface area contributed by atoms with Crippen molar-refractivity contribution >= 4 is 29.1 Å². The van der Waals surface area contributed by atoms with Crippen LogP contribution in [-0.2, 0) is 11.2 Å². The molecule has 0 aliphatic rings. The number of ether oxygens (including phenoxy) is 1. The van der Waals surface area contributed by atoms with Crippen molar-refractivity contribution in [3.8, 4) is 5.75 Å². The fourth-order valence-corrected chi connectivity index (χ4v) is 2.53. The molecule has 0 aromatic heterocycles. The predicted molar refractivity (Wildman–Crippen MR) is 90.0 cm³/mol. The first-order valence-corrected chi connectivity index (χ1v) is 7.32. The molecule has 0 aliphatic heterocycles. The molecule has 0 fully saturated rings. The average molecular weight is 333 g/mol. The molecule has 5 nitrogen and oxygen atoms in total. The number of amides is 2. The molecule has 0 aliphatic carbocycles. The van der Waals surface area contributed by atoms with Crippen LogP contribution in [0.4, 0.5) is 5.69 Å². The summed E-state index contributed by atoms with van der Waals surface area (Å²) in [4.78, 5) is 23.6. The number of methoxy groups -OCH3 is 1. The maximum Gasteiger partial charge on any atom is 0.249 e. The van der Waals surface area contributed by atoms with Crippen LogP contribution in [0, 0.1) is 6.92 Å². The summed E-state index contributed by atoms with van der Waals surface area (Å²) in [6, 6.07) is 10.2. The van der Waals surface area contributed by atoms with E-state index in [0.29, 0.717) is 33.1 Å². The molecule has 2 rings (SSSR count). The number of carbonyl (C=O) groups excluding carboxylic acids is 2. The number of benzene rings is 2. The summed E-state index contributed by atoms with van der Waals surface area (Å²) in [5.74, 6) is -0.247. The van der Waals surface area contributed by atoms with Gasteiger partial charge in [0, 0.05) is 21.8 Å². The SMILES string of the molecule is COc1cccc(Cl)c1CC(=O)Nc1cccc(C(N)=O)c1C. The van der Waals surface area contributed by atoms with Gasteiger partial charge < -0.3 is 15.8 Å². The number of carbonyl (C=O) groups is 2. The number of hydrogen-bond acceptors (Lipinski definition) is 3. The molecule has 3 N–H and O–H groups in total. The van der Waals surface area contributed by atoms with Gasteiger partial charge in [-0.1, -0.05) is 23.7 Å². The zero-order valence-electron chi connectivity index (χ0n) is 12.9. The largest absolute Gasteiger partial charge is 0.496 e. The molecule has 0 saturated heterocycles. The van der Waals surface area contributed by atoms with Crippen LogP contribution in [0.1, 0.15) is 21.5 Å². The molecule has 0 unspecified atom stereocenters. The van der Waals surface area contributed by atoms with Crippen LogP contribution < -0.4 is 15.8 Å².